The van der Waals surface area contributed by atoms with E-state index >= 15 is 0 Å². The summed E-state index contributed by atoms with van der Waals surface area (Å²) in [5.74, 6) is 0. The number of rotatable bonds is 6. The summed E-state index contributed by atoms with van der Waals surface area (Å²) in [4.78, 5) is 4.48. The van der Waals surface area contributed by atoms with Crippen LogP contribution < -0.4 is 16.4 Å². The Morgan fingerprint density at radius 3 is 2.43 bits per heavy atom. The van der Waals surface area contributed by atoms with Crippen LogP contribution in [0.2, 0.25) is 0 Å². The Kier molecular flexibility index (Phi) is 5.20. The number of anilines is 3. The third-order valence-corrected chi connectivity index (χ3v) is 4.57. The van der Waals surface area contributed by atoms with Gasteiger partial charge in [0.25, 0.3) is 0 Å². The van der Waals surface area contributed by atoms with Crippen LogP contribution in [0.15, 0.2) is 85.1 Å². The fourth-order valence-corrected chi connectivity index (χ4v) is 3.05. The van der Waals surface area contributed by atoms with E-state index in [9.17, 15) is 0 Å². The van der Waals surface area contributed by atoms with Gasteiger partial charge in [-0.25, -0.2) is 0 Å². The smallest absolute Gasteiger partial charge is 0.0850 e. The van der Waals surface area contributed by atoms with Gasteiger partial charge in [-0.05, 0) is 35.2 Å². The van der Waals surface area contributed by atoms with Crippen molar-refractivity contribution in [3.8, 4) is 0 Å². The number of pyridine rings is 1. The number of benzene rings is 3. The van der Waals surface area contributed by atoms with Crippen LogP contribution in [-0.4, -0.2) is 11.7 Å². The molecule has 0 spiro atoms. The molecule has 0 aliphatic rings. The molecule has 4 heteroatoms. The molecule has 0 saturated heterocycles. The number of aromatic nitrogens is 1. The highest BCUT2D eigenvalue weighted by molar-refractivity contribution is 5.98. The van der Waals surface area contributed by atoms with E-state index in [4.69, 9.17) is 5.73 Å². The molecule has 0 bridgehead atoms. The van der Waals surface area contributed by atoms with Crippen molar-refractivity contribution < 1.29 is 0 Å². The fraction of sp³-hybridized carbons (Fsp3) is 0.0417. The first-order valence-electron chi connectivity index (χ1n) is 9.24. The summed E-state index contributed by atoms with van der Waals surface area (Å²) < 4.78 is 0. The van der Waals surface area contributed by atoms with Gasteiger partial charge in [-0.1, -0.05) is 66.7 Å². The maximum Gasteiger partial charge on any atom is 0.0850 e. The molecule has 4 nitrogen and oxygen atoms in total. The number of nitrogens with zero attached hydrogens (tertiary/aromatic N) is 1. The molecule has 4 aromatic rings. The van der Waals surface area contributed by atoms with Crippen LogP contribution in [0.3, 0.4) is 0 Å². The van der Waals surface area contributed by atoms with Crippen LogP contribution in [0.1, 0.15) is 11.3 Å². The Labute approximate surface area is 164 Å². The van der Waals surface area contributed by atoms with Gasteiger partial charge in [-0.15, -0.1) is 0 Å². The first-order valence-corrected chi connectivity index (χ1v) is 9.24. The van der Waals surface area contributed by atoms with Crippen molar-refractivity contribution in [3.63, 3.8) is 0 Å². The van der Waals surface area contributed by atoms with Crippen molar-refractivity contribution in [2.45, 2.75) is 0 Å². The Balaban J connectivity index is 1.35. The monoisotopic (exact) mass is 366 g/mol. The highest BCUT2D eigenvalue weighted by atomic mass is 15.1. The molecule has 4 N–H and O–H groups in total. The first-order chi connectivity index (χ1) is 13.8. The van der Waals surface area contributed by atoms with Crippen LogP contribution in [0, 0.1) is 0 Å². The van der Waals surface area contributed by atoms with Gasteiger partial charge < -0.3 is 16.4 Å². The number of nitrogen functional groups attached to an aromatic ring is 1. The minimum absolute atomic E-state index is 0.559. The number of nitrogens with two attached hydrogens (primary N) is 1. The third-order valence-electron chi connectivity index (χ3n) is 4.57. The van der Waals surface area contributed by atoms with Gasteiger partial charge in [0.2, 0.25) is 0 Å². The summed E-state index contributed by atoms with van der Waals surface area (Å²) in [5, 5.41) is 8.85. The van der Waals surface area contributed by atoms with Gasteiger partial charge in [0, 0.05) is 5.39 Å². The molecule has 0 unspecified atom stereocenters. The van der Waals surface area contributed by atoms with Gasteiger partial charge >= 0.3 is 0 Å². The van der Waals surface area contributed by atoms with Crippen LogP contribution in [0.5, 0.6) is 0 Å². The molecule has 1 heterocycles. The maximum atomic E-state index is 6.29. The van der Waals surface area contributed by atoms with Crippen molar-refractivity contribution in [2.75, 3.05) is 23.0 Å². The molecule has 0 fully saturated rings. The largest absolute Gasteiger partial charge is 0.397 e. The topological polar surface area (TPSA) is 63.0 Å². The lowest BCUT2D eigenvalue weighted by atomic mass is 10.1. The Hall–Kier alpha value is -3.79. The summed E-state index contributed by atoms with van der Waals surface area (Å²) in [6, 6.07) is 26.4. The van der Waals surface area contributed by atoms with E-state index in [0.717, 1.165) is 39.1 Å². The zero-order valence-corrected chi connectivity index (χ0v) is 15.5. The minimum atomic E-state index is 0.559. The van der Waals surface area contributed by atoms with E-state index < -0.39 is 0 Å². The van der Waals surface area contributed by atoms with Crippen LogP contribution in [0.4, 0.5) is 17.1 Å². The van der Waals surface area contributed by atoms with E-state index in [2.05, 4.69) is 46.0 Å². The molecule has 3 aromatic carbocycles. The summed E-state index contributed by atoms with van der Waals surface area (Å²) in [6.07, 6.45) is 5.89. The highest BCUT2D eigenvalue weighted by Gasteiger charge is 2.03. The van der Waals surface area contributed by atoms with E-state index in [0.29, 0.717) is 6.67 Å². The normalized spacial score (nSPS) is 11.0. The van der Waals surface area contributed by atoms with E-state index in [1.807, 2.05) is 66.9 Å². The fourth-order valence-electron chi connectivity index (χ4n) is 3.05. The number of fused-ring (bicyclic) bond motifs is 1. The molecule has 0 radical (unpaired) electrons. The van der Waals surface area contributed by atoms with Crippen molar-refractivity contribution in [2.24, 2.45) is 0 Å². The minimum Gasteiger partial charge on any atom is -0.397 e. The Bertz CT molecular complexity index is 1090. The average Bonchev–Trinajstić information content (AvgIpc) is 2.76. The van der Waals surface area contributed by atoms with E-state index in [-0.39, 0.29) is 0 Å². The van der Waals surface area contributed by atoms with Gasteiger partial charge in [0.15, 0.2) is 0 Å². The SMILES string of the molecule is Nc1c(NCNc2ccc(/C=C/c3ccccc3)nc2)ccc2ccccc12. The summed E-state index contributed by atoms with van der Waals surface area (Å²) >= 11 is 0. The first kappa shape index (κ1) is 17.6. The molecule has 138 valence electrons. The molecule has 1 aromatic heterocycles. The van der Waals surface area contributed by atoms with E-state index in [1.54, 1.807) is 0 Å². The van der Waals surface area contributed by atoms with Crippen molar-refractivity contribution in [1.82, 2.24) is 4.98 Å². The lowest BCUT2D eigenvalue weighted by Crippen LogP contribution is -2.13. The molecule has 28 heavy (non-hydrogen) atoms. The molecule has 0 aliphatic carbocycles. The molecular formula is C24H22N4. The molecule has 0 amide bonds. The molecule has 0 saturated carbocycles. The van der Waals surface area contributed by atoms with Gasteiger partial charge in [0.1, 0.15) is 0 Å². The lowest BCUT2D eigenvalue weighted by molar-refractivity contribution is 1.19. The number of nitrogens with one attached hydrogen (secondary N) is 2. The van der Waals surface area contributed by atoms with Gasteiger partial charge in [-0.3, -0.25) is 4.98 Å². The Morgan fingerprint density at radius 1 is 0.786 bits per heavy atom. The predicted molar refractivity (Wildman–Crippen MR) is 120 cm³/mol. The summed E-state index contributed by atoms with van der Waals surface area (Å²) in [5.41, 5.74) is 11.0. The summed E-state index contributed by atoms with van der Waals surface area (Å²) in [7, 11) is 0. The quantitative estimate of drug-likeness (QED) is 0.313. The molecule has 4 rings (SSSR count). The molecule has 0 aliphatic heterocycles. The number of hydrogen-bond acceptors (Lipinski definition) is 4. The number of hydrogen-bond donors (Lipinski definition) is 3. The standard InChI is InChI=1S/C24H22N4/c25-24-22-9-5-4-8-19(22)11-15-23(24)28-17-27-21-14-13-20(26-16-21)12-10-18-6-2-1-3-7-18/h1-16,27-28H,17,25H2/b12-10+. The van der Waals surface area contributed by atoms with Crippen LogP contribution >= 0.6 is 0 Å². The molecular weight excluding hydrogens is 344 g/mol. The van der Waals surface area contributed by atoms with Crippen molar-refractivity contribution in [1.29, 1.82) is 0 Å². The van der Waals surface area contributed by atoms with Crippen molar-refractivity contribution in [3.05, 3.63) is 96.3 Å². The molecule has 0 atom stereocenters. The second-order valence-electron chi connectivity index (χ2n) is 6.49. The zero-order valence-electron chi connectivity index (χ0n) is 15.5. The van der Waals surface area contributed by atoms with Crippen molar-refractivity contribution >= 4 is 40.0 Å². The predicted octanol–water partition coefficient (Wildman–Crippen LogP) is 5.47. The third kappa shape index (κ3) is 4.13. The summed E-state index contributed by atoms with van der Waals surface area (Å²) in [6.45, 7) is 0.559. The second-order valence-corrected chi connectivity index (χ2v) is 6.49. The second kappa shape index (κ2) is 8.27. The van der Waals surface area contributed by atoms with E-state index in [1.165, 1.54) is 0 Å². The maximum absolute atomic E-state index is 6.29. The lowest BCUT2D eigenvalue weighted by Gasteiger charge is -2.13. The zero-order chi connectivity index (χ0) is 19.2. The van der Waals surface area contributed by atoms with Gasteiger partial charge in [-0.2, -0.15) is 0 Å². The van der Waals surface area contributed by atoms with Gasteiger partial charge in [0.05, 0.1) is 35.6 Å². The Morgan fingerprint density at radius 2 is 1.61 bits per heavy atom. The highest BCUT2D eigenvalue weighted by Crippen LogP contribution is 2.28. The van der Waals surface area contributed by atoms with Crippen LogP contribution in [0.25, 0.3) is 22.9 Å². The van der Waals surface area contributed by atoms with Crippen LogP contribution in [-0.2, 0) is 0 Å². The average molecular weight is 366 g/mol.